The molecule has 22 heavy (non-hydrogen) atoms. The number of ether oxygens (including phenoxy) is 1. The van der Waals surface area contributed by atoms with Crippen molar-refractivity contribution in [2.45, 2.75) is 0 Å². The summed E-state index contributed by atoms with van der Waals surface area (Å²) in [5, 5.41) is 6.65. The number of hydrazone groups is 1. The zero-order valence-electron chi connectivity index (χ0n) is 11.8. The molecule has 6 heteroatoms. The largest absolute Gasteiger partial charge is 0.419 e. The number of nitrogens with zero attached hydrogens (tertiary/aromatic N) is 2. The molecule has 0 aliphatic heterocycles. The Balaban J connectivity index is 1.76. The molecule has 110 valence electrons. The number of nitrogens with two attached hydrogens (primary N) is 1. The zero-order chi connectivity index (χ0) is 15.4. The minimum atomic E-state index is 0.157. The van der Waals surface area contributed by atoms with E-state index in [1.165, 1.54) is 0 Å². The number of benzene rings is 2. The average molecular weight is 293 g/mol. The lowest BCUT2D eigenvalue weighted by atomic mass is 10.3. The number of anilines is 1. The minimum absolute atomic E-state index is 0.157. The summed E-state index contributed by atoms with van der Waals surface area (Å²) in [6.45, 7) is 3.81. The highest BCUT2D eigenvalue weighted by atomic mass is 16.5. The lowest BCUT2D eigenvalue weighted by molar-refractivity contribution is 0.421. The number of aromatic amines is 1. The Bertz CT molecular complexity index is 790. The van der Waals surface area contributed by atoms with Gasteiger partial charge in [-0.05, 0) is 30.8 Å². The average Bonchev–Trinajstić information content (AvgIpc) is 2.97. The maximum absolute atomic E-state index is 5.54. The highest BCUT2D eigenvalue weighted by molar-refractivity contribution is 5.94. The van der Waals surface area contributed by atoms with Crippen molar-refractivity contribution in [3.63, 3.8) is 0 Å². The van der Waals surface area contributed by atoms with Crippen LogP contribution >= 0.6 is 0 Å². The predicted octanol–water partition coefficient (Wildman–Crippen LogP) is 2.78. The number of nitrogens with one attached hydrogen (secondary N) is 2. The van der Waals surface area contributed by atoms with Crippen LogP contribution in [-0.2, 0) is 4.74 Å². The van der Waals surface area contributed by atoms with Crippen LogP contribution in [-0.4, -0.2) is 15.9 Å². The first-order chi connectivity index (χ1) is 10.8. The van der Waals surface area contributed by atoms with Gasteiger partial charge in [0.25, 0.3) is 5.90 Å². The molecule has 0 amide bonds. The van der Waals surface area contributed by atoms with Crippen molar-refractivity contribution in [3.8, 4) is 0 Å². The molecule has 0 unspecified atom stereocenters. The standard InChI is InChI=1S/C16H15N5O/c1-11(18-12-7-3-2-4-8-12)22-16(21-17)15-19-13-9-5-6-10-14(13)20-15/h2-10,18H,1,17H2,(H,19,20)/b21-16-. The van der Waals surface area contributed by atoms with E-state index in [2.05, 4.69) is 27.0 Å². The first-order valence-corrected chi connectivity index (χ1v) is 6.68. The normalized spacial score (nSPS) is 11.4. The van der Waals surface area contributed by atoms with Gasteiger partial charge in [0.15, 0.2) is 11.7 Å². The fraction of sp³-hybridized carbons (Fsp3) is 0. The van der Waals surface area contributed by atoms with Crippen molar-refractivity contribution in [2.24, 2.45) is 10.9 Å². The molecule has 0 saturated heterocycles. The Morgan fingerprint density at radius 3 is 2.59 bits per heavy atom. The molecule has 3 aromatic rings. The number of rotatable bonds is 4. The second-order valence-corrected chi connectivity index (χ2v) is 4.55. The molecule has 0 bridgehead atoms. The van der Waals surface area contributed by atoms with Crippen LogP contribution in [0.1, 0.15) is 5.82 Å². The fourth-order valence-electron chi connectivity index (χ4n) is 2.01. The van der Waals surface area contributed by atoms with E-state index < -0.39 is 0 Å². The molecule has 3 rings (SSSR count). The fourth-order valence-corrected chi connectivity index (χ4v) is 2.01. The van der Waals surface area contributed by atoms with E-state index in [0.29, 0.717) is 11.7 Å². The van der Waals surface area contributed by atoms with Gasteiger partial charge < -0.3 is 20.9 Å². The molecule has 1 heterocycles. The summed E-state index contributed by atoms with van der Waals surface area (Å²) >= 11 is 0. The van der Waals surface area contributed by atoms with Gasteiger partial charge in [-0.2, -0.15) is 0 Å². The zero-order valence-corrected chi connectivity index (χ0v) is 11.8. The summed E-state index contributed by atoms with van der Waals surface area (Å²) < 4.78 is 5.54. The van der Waals surface area contributed by atoms with Gasteiger partial charge in [0.1, 0.15) is 0 Å². The molecule has 4 N–H and O–H groups in total. The molecular formula is C16H15N5O. The number of aromatic nitrogens is 2. The minimum Gasteiger partial charge on any atom is -0.419 e. The van der Waals surface area contributed by atoms with Crippen molar-refractivity contribution < 1.29 is 4.74 Å². The Kier molecular flexibility index (Phi) is 3.74. The molecule has 0 atom stereocenters. The van der Waals surface area contributed by atoms with Crippen molar-refractivity contribution in [2.75, 3.05) is 5.32 Å². The van der Waals surface area contributed by atoms with Crippen LogP contribution < -0.4 is 11.2 Å². The maximum atomic E-state index is 5.54. The van der Waals surface area contributed by atoms with Gasteiger partial charge in [-0.15, -0.1) is 5.10 Å². The Morgan fingerprint density at radius 1 is 1.14 bits per heavy atom. The number of fused-ring (bicyclic) bond motifs is 1. The van der Waals surface area contributed by atoms with E-state index in [-0.39, 0.29) is 5.90 Å². The van der Waals surface area contributed by atoms with E-state index in [4.69, 9.17) is 10.6 Å². The van der Waals surface area contributed by atoms with Crippen molar-refractivity contribution in [1.82, 2.24) is 9.97 Å². The molecule has 0 aliphatic carbocycles. The molecule has 1 aromatic heterocycles. The maximum Gasteiger partial charge on any atom is 0.281 e. The molecule has 2 aromatic carbocycles. The van der Waals surface area contributed by atoms with Crippen molar-refractivity contribution in [1.29, 1.82) is 0 Å². The van der Waals surface area contributed by atoms with Crippen LogP contribution in [0.25, 0.3) is 11.0 Å². The topological polar surface area (TPSA) is 88.3 Å². The third-order valence-corrected chi connectivity index (χ3v) is 2.99. The van der Waals surface area contributed by atoms with Crippen LogP contribution in [0, 0.1) is 0 Å². The van der Waals surface area contributed by atoms with E-state index >= 15 is 0 Å². The second-order valence-electron chi connectivity index (χ2n) is 4.55. The van der Waals surface area contributed by atoms with E-state index in [9.17, 15) is 0 Å². The third-order valence-electron chi connectivity index (χ3n) is 2.99. The van der Waals surface area contributed by atoms with Gasteiger partial charge in [0.2, 0.25) is 0 Å². The molecule has 0 saturated carbocycles. The van der Waals surface area contributed by atoms with Gasteiger partial charge in [-0.25, -0.2) is 4.98 Å². The first kappa shape index (κ1) is 13.7. The SMILES string of the molecule is C=C(Nc1ccccc1)O/C(=N\N)c1nc2ccccc2[nH]1. The third kappa shape index (κ3) is 2.90. The molecule has 0 aliphatic rings. The summed E-state index contributed by atoms with van der Waals surface area (Å²) in [5.41, 5.74) is 2.54. The van der Waals surface area contributed by atoms with E-state index in [1.807, 2.05) is 54.6 Å². The molecule has 6 nitrogen and oxygen atoms in total. The van der Waals surface area contributed by atoms with Crippen LogP contribution in [0.2, 0.25) is 0 Å². The number of hydrogen-bond donors (Lipinski definition) is 3. The molecule has 0 spiro atoms. The Labute approximate surface area is 127 Å². The van der Waals surface area contributed by atoms with Gasteiger partial charge in [0.05, 0.1) is 11.0 Å². The Hall–Kier alpha value is -3.28. The van der Waals surface area contributed by atoms with E-state index in [1.54, 1.807) is 0 Å². The summed E-state index contributed by atoms with van der Waals surface area (Å²) in [5.74, 6) is 6.31. The van der Waals surface area contributed by atoms with Crippen molar-refractivity contribution >= 4 is 22.6 Å². The molecule has 0 radical (unpaired) electrons. The summed E-state index contributed by atoms with van der Waals surface area (Å²) in [4.78, 5) is 7.48. The van der Waals surface area contributed by atoms with Crippen LogP contribution in [0.4, 0.5) is 5.69 Å². The van der Waals surface area contributed by atoms with E-state index in [0.717, 1.165) is 16.7 Å². The number of para-hydroxylation sites is 3. The van der Waals surface area contributed by atoms with Crippen molar-refractivity contribution in [3.05, 3.63) is 72.9 Å². The van der Waals surface area contributed by atoms with Crippen LogP contribution in [0.15, 0.2) is 72.2 Å². The first-order valence-electron chi connectivity index (χ1n) is 6.68. The molecular weight excluding hydrogens is 278 g/mol. The number of hydrogen-bond acceptors (Lipinski definition) is 5. The van der Waals surface area contributed by atoms with Gasteiger partial charge >= 0.3 is 0 Å². The number of H-pyrrole nitrogens is 1. The van der Waals surface area contributed by atoms with Crippen LogP contribution in [0.3, 0.4) is 0 Å². The second kappa shape index (κ2) is 6.01. The lowest BCUT2D eigenvalue weighted by Gasteiger charge is -2.10. The highest BCUT2D eigenvalue weighted by Crippen LogP contribution is 2.13. The summed E-state index contributed by atoms with van der Waals surface area (Å²) in [6.07, 6.45) is 0. The van der Waals surface area contributed by atoms with Gasteiger partial charge in [-0.3, -0.25) is 0 Å². The summed E-state index contributed by atoms with van der Waals surface area (Å²) in [7, 11) is 0. The molecule has 0 fully saturated rings. The van der Waals surface area contributed by atoms with Gasteiger partial charge in [-0.1, -0.05) is 30.3 Å². The lowest BCUT2D eigenvalue weighted by Crippen LogP contribution is -2.14. The van der Waals surface area contributed by atoms with Gasteiger partial charge in [0, 0.05) is 5.69 Å². The number of imidazole rings is 1. The smallest absolute Gasteiger partial charge is 0.281 e. The monoisotopic (exact) mass is 293 g/mol. The Morgan fingerprint density at radius 2 is 1.86 bits per heavy atom. The summed E-state index contributed by atoms with van der Waals surface area (Å²) in [6, 6.07) is 17.2. The quantitative estimate of drug-likeness (QED) is 0.227. The van der Waals surface area contributed by atoms with Crippen LogP contribution in [0.5, 0.6) is 0 Å². The highest BCUT2D eigenvalue weighted by Gasteiger charge is 2.12. The predicted molar refractivity (Wildman–Crippen MR) is 87.1 cm³/mol.